The fraction of sp³-hybridized carbons (Fsp3) is 0.406. The van der Waals surface area contributed by atoms with Gasteiger partial charge in [0.25, 0.3) is 17.8 Å². The molecule has 2 aliphatic heterocycles. The number of carboxylic acid groups (broad SMARTS) is 1. The van der Waals surface area contributed by atoms with E-state index < -0.39 is 23.6 Å². The molecule has 11 nitrogen and oxygen atoms in total. The molecule has 0 saturated carbocycles. The monoisotopic (exact) mass is 642 g/mol. The second kappa shape index (κ2) is 15.0. The highest BCUT2D eigenvalue weighted by atomic mass is 35.5. The second-order valence-electron chi connectivity index (χ2n) is 11.2. The summed E-state index contributed by atoms with van der Waals surface area (Å²) in [7, 11) is 0. The van der Waals surface area contributed by atoms with Crippen molar-refractivity contribution in [1.82, 2.24) is 20.3 Å². The van der Waals surface area contributed by atoms with Gasteiger partial charge in [0.15, 0.2) is 5.69 Å². The van der Waals surface area contributed by atoms with Gasteiger partial charge in [0, 0.05) is 51.0 Å². The summed E-state index contributed by atoms with van der Waals surface area (Å²) in [5, 5.41) is 14.4. The average molecular weight is 643 g/mol. The van der Waals surface area contributed by atoms with Crippen LogP contribution in [0, 0.1) is 11.7 Å². The number of nitrogens with zero attached hydrogens (tertiary/aromatic N) is 3. The molecule has 0 spiro atoms. The van der Waals surface area contributed by atoms with Crippen LogP contribution in [0.4, 0.5) is 4.39 Å². The number of aromatic nitrogens is 1. The molecule has 1 fully saturated rings. The highest BCUT2D eigenvalue weighted by Crippen LogP contribution is 2.35. The standard InChI is InChI=1S/C30H32ClFN4O5.C2H4O2/c1-18(2)26-15-25(34-41-26)29(38)36-16-21-19-6-3-7-20(14-19)40-13-12-35(11-5-10-33-28(37)22(21)17-36)30(39)27-23(31)8-4-9-24(27)32;1-2(3)4/h3-4,6-9,14-15,18,21-22H,5,10-13,16-17H2,1-2H3,(H,33,37);1H3,(H,3,4)/t21-,22+;/m1./s1. The Hall–Kier alpha value is -4.45. The lowest BCUT2D eigenvalue weighted by molar-refractivity contribution is -0.134. The third-order valence-electron chi connectivity index (χ3n) is 7.54. The molecule has 2 bridgehead atoms. The van der Waals surface area contributed by atoms with Crippen LogP contribution in [0.25, 0.3) is 0 Å². The molecule has 2 N–H and O–H groups in total. The molecule has 0 radical (unpaired) electrons. The van der Waals surface area contributed by atoms with Crippen LogP contribution in [0.5, 0.6) is 5.75 Å². The Kier molecular flexibility index (Phi) is 11.2. The van der Waals surface area contributed by atoms with Crippen LogP contribution >= 0.6 is 11.6 Å². The molecule has 45 heavy (non-hydrogen) atoms. The van der Waals surface area contributed by atoms with E-state index in [2.05, 4.69) is 10.5 Å². The van der Waals surface area contributed by atoms with Crippen molar-refractivity contribution in [3.05, 3.63) is 82.0 Å². The van der Waals surface area contributed by atoms with E-state index in [4.69, 9.17) is 30.8 Å². The maximum Gasteiger partial charge on any atom is 0.300 e. The first-order chi connectivity index (χ1) is 21.5. The Balaban J connectivity index is 0.00000109. The van der Waals surface area contributed by atoms with Crippen molar-refractivity contribution < 1.29 is 37.9 Å². The number of ether oxygens (including phenoxy) is 1. The largest absolute Gasteiger partial charge is 0.492 e. The van der Waals surface area contributed by atoms with Crippen molar-refractivity contribution in [2.75, 3.05) is 39.3 Å². The first-order valence-corrected chi connectivity index (χ1v) is 15.0. The van der Waals surface area contributed by atoms with Gasteiger partial charge in [-0.3, -0.25) is 19.2 Å². The third-order valence-corrected chi connectivity index (χ3v) is 7.86. The van der Waals surface area contributed by atoms with Gasteiger partial charge in [0.05, 0.1) is 23.0 Å². The molecule has 240 valence electrons. The second-order valence-corrected chi connectivity index (χ2v) is 11.6. The smallest absolute Gasteiger partial charge is 0.300 e. The zero-order valence-electron chi connectivity index (χ0n) is 25.3. The van der Waals surface area contributed by atoms with Crippen molar-refractivity contribution in [1.29, 1.82) is 0 Å². The molecule has 0 unspecified atom stereocenters. The summed E-state index contributed by atoms with van der Waals surface area (Å²) < 4.78 is 25.8. The Morgan fingerprint density at radius 2 is 1.76 bits per heavy atom. The first-order valence-electron chi connectivity index (χ1n) is 14.7. The van der Waals surface area contributed by atoms with Gasteiger partial charge in [-0.25, -0.2) is 4.39 Å². The lowest BCUT2D eigenvalue weighted by Crippen LogP contribution is -2.39. The predicted octanol–water partition coefficient (Wildman–Crippen LogP) is 4.58. The number of amides is 3. The van der Waals surface area contributed by atoms with E-state index in [9.17, 15) is 18.8 Å². The maximum absolute atomic E-state index is 14.5. The zero-order valence-corrected chi connectivity index (χ0v) is 26.1. The number of aliphatic carboxylic acids is 1. The summed E-state index contributed by atoms with van der Waals surface area (Å²) in [5.41, 5.74) is 0.896. The molecule has 3 aromatic rings. The zero-order chi connectivity index (χ0) is 32.7. The van der Waals surface area contributed by atoms with Gasteiger partial charge in [-0.2, -0.15) is 0 Å². The van der Waals surface area contributed by atoms with Gasteiger partial charge < -0.3 is 29.5 Å². The van der Waals surface area contributed by atoms with E-state index in [0.717, 1.165) is 12.5 Å². The summed E-state index contributed by atoms with van der Waals surface area (Å²) in [5.74, 6) is -2.00. The summed E-state index contributed by atoms with van der Waals surface area (Å²) in [6.07, 6.45) is 0.436. The van der Waals surface area contributed by atoms with Gasteiger partial charge in [0.2, 0.25) is 5.91 Å². The Labute approximate surface area is 265 Å². The number of carboxylic acids is 1. The number of carbonyl (C=O) groups excluding carboxylic acids is 3. The lowest BCUT2D eigenvalue weighted by Gasteiger charge is -2.25. The maximum atomic E-state index is 14.5. The molecule has 5 rings (SSSR count). The van der Waals surface area contributed by atoms with Crippen molar-refractivity contribution in [3.8, 4) is 5.75 Å². The minimum absolute atomic E-state index is 0.0359. The van der Waals surface area contributed by atoms with Crippen LogP contribution in [-0.2, 0) is 9.59 Å². The van der Waals surface area contributed by atoms with Crippen molar-refractivity contribution in [3.63, 3.8) is 0 Å². The molecule has 2 aromatic carbocycles. The fourth-order valence-electron chi connectivity index (χ4n) is 5.29. The minimum Gasteiger partial charge on any atom is -0.492 e. The van der Waals surface area contributed by atoms with Gasteiger partial charge in [-0.15, -0.1) is 0 Å². The first kappa shape index (κ1) is 33.4. The number of hydrogen-bond donors (Lipinski definition) is 2. The number of carbonyl (C=O) groups is 4. The van der Waals surface area contributed by atoms with Crippen LogP contribution < -0.4 is 10.1 Å². The molecule has 0 aliphatic carbocycles. The van der Waals surface area contributed by atoms with E-state index in [0.29, 0.717) is 31.0 Å². The summed E-state index contributed by atoms with van der Waals surface area (Å²) >= 11 is 6.15. The minimum atomic E-state index is -0.833. The SMILES string of the molecule is CC(=O)O.CC(C)c1cc(C(=O)N2C[C@@H]3C(=O)NCCCN(C(=O)c4c(F)cccc4Cl)CCOc4cccc(c4)[C@H]3C2)no1. The van der Waals surface area contributed by atoms with Crippen LogP contribution in [0.3, 0.4) is 0 Å². The number of fused-ring (bicyclic) bond motifs is 4. The van der Waals surface area contributed by atoms with Crippen molar-refractivity contribution in [2.24, 2.45) is 5.92 Å². The Morgan fingerprint density at radius 1 is 1.04 bits per heavy atom. The average Bonchev–Trinajstić information content (AvgIpc) is 3.66. The van der Waals surface area contributed by atoms with Crippen LogP contribution in [-0.4, -0.2) is 83.1 Å². The van der Waals surface area contributed by atoms with E-state index in [1.54, 1.807) is 17.0 Å². The number of hydrogen-bond acceptors (Lipinski definition) is 7. The summed E-state index contributed by atoms with van der Waals surface area (Å²) in [6.45, 7) is 6.50. The highest BCUT2D eigenvalue weighted by molar-refractivity contribution is 6.33. The highest BCUT2D eigenvalue weighted by Gasteiger charge is 2.41. The van der Waals surface area contributed by atoms with Crippen LogP contribution in [0.2, 0.25) is 5.02 Å². The van der Waals surface area contributed by atoms with Gasteiger partial charge in [0.1, 0.15) is 23.9 Å². The van der Waals surface area contributed by atoms with Crippen LogP contribution in [0.15, 0.2) is 53.1 Å². The molecule has 1 aromatic heterocycles. The lowest BCUT2D eigenvalue weighted by atomic mass is 9.88. The number of benzene rings is 2. The summed E-state index contributed by atoms with van der Waals surface area (Å²) in [6, 6.07) is 13.2. The Bertz CT molecular complexity index is 1520. The van der Waals surface area contributed by atoms with E-state index in [1.165, 1.54) is 23.1 Å². The quantitative estimate of drug-likeness (QED) is 0.423. The van der Waals surface area contributed by atoms with E-state index in [1.807, 2.05) is 32.0 Å². The molecule has 2 atom stereocenters. The van der Waals surface area contributed by atoms with Gasteiger partial charge in [-0.05, 0) is 36.2 Å². The Morgan fingerprint density at radius 3 is 2.44 bits per heavy atom. The van der Waals surface area contributed by atoms with E-state index >= 15 is 0 Å². The molecule has 13 heteroatoms. The molecule has 1 saturated heterocycles. The molecular formula is C32H36ClFN4O7. The van der Waals surface area contributed by atoms with Gasteiger partial charge in [-0.1, -0.05) is 48.8 Å². The van der Waals surface area contributed by atoms with Gasteiger partial charge >= 0.3 is 0 Å². The number of halogens is 2. The number of likely N-dealkylation sites (tertiary alicyclic amines) is 1. The normalized spacial score (nSPS) is 18.6. The summed E-state index contributed by atoms with van der Waals surface area (Å²) in [4.78, 5) is 52.1. The molecule has 2 aliphatic rings. The van der Waals surface area contributed by atoms with Crippen molar-refractivity contribution >= 4 is 35.3 Å². The van der Waals surface area contributed by atoms with E-state index in [-0.39, 0.29) is 66.2 Å². The van der Waals surface area contributed by atoms with Crippen molar-refractivity contribution in [2.45, 2.75) is 39.0 Å². The number of rotatable bonds is 3. The topological polar surface area (TPSA) is 142 Å². The number of nitrogens with one attached hydrogen (secondary N) is 1. The molecular weight excluding hydrogens is 607 g/mol. The van der Waals surface area contributed by atoms with Crippen LogP contribution in [0.1, 0.15) is 71.2 Å². The molecule has 3 heterocycles. The molecule has 3 amide bonds. The fourth-order valence-corrected chi connectivity index (χ4v) is 5.54. The predicted molar refractivity (Wildman–Crippen MR) is 163 cm³/mol. The third kappa shape index (κ3) is 8.39.